The third-order valence-corrected chi connectivity index (χ3v) is 2.72. The zero-order valence-corrected chi connectivity index (χ0v) is 10.1. The van der Waals surface area contributed by atoms with Crippen molar-refractivity contribution in [3.05, 3.63) is 46.3 Å². The van der Waals surface area contributed by atoms with Crippen LogP contribution in [0.25, 0.3) is 0 Å². The standard InChI is InChI=1S/C11H9BrN2O2/c1-7-2-3-10(9(12)4-7)14-11(15)8-5-13-16-6-8/h2-6H,1H3,(H,14,15). The number of carbonyl (C=O) groups excluding carboxylic acids is 1. The van der Waals surface area contributed by atoms with Crippen molar-refractivity contribution in [3.8, 4) is 0 Å². The molecule has 82 valence electrons. The largest absolute Gasteiger partial charge is 0.364 e. The Morgan fingerprint density at radius 1 is 1.50 bits per heavy atom. The van der Waals surface area contributed by atoms with Crippen LogP contribution in [0.1, 0.15) is 15.9 Å². The maximum Gasteiger partial charge on any atom is 0.260 e. The number of halogens is 1. The fourth-order valence-corrected chi connectivity index (χ4v) is 1.83. The van der Waals surface area contributed by atoms with Crippen molar-refractivity contribution in [2.75, 3.05) is 5.32 Å². The molecule has 0 spiro atoms. The van der Waals surface area contributed by atoms with E-state index in [1.165, 1.54) is 12.5 Å². The Hall–Kier alpha value is -1.62. The highest BCUT2D eigenvalue weighted by Crippen LogP contribution is 2.23. The molecule has 2 rings (SSSR count). The van der Waals surface area contributed by atoms with Crippen LogP contribution in [0.15, 0.2) is 39.7 Å². The third kappa shape index (κ3) is 2.30. The first kappa shape index (κ1) is 10.9. The minimum atomic E-state index is -0.245. The molecule has 0 bridgehead atoms. The molecule has 0 fully saturated rings. The van der Waals surface area contributed by atoms with Gasteiger partial charge in [-0.05, 0) is 40.5 Å². The molecule has 0 radical (unpaired) electrons. The van der Waals surface area contributed by atoms with E-state index in [-0.39, 0.29) is 5.91 Å². The van der Waals surface area contributed by atoms with Gasteiger partial charge >= 0.3 is 0 Å². The van der Waals surface area contributed by atoms with Crippen LogP contribution in [0.2, 0.25) is 0 Å². The molecule has 4 nitrogen and oxygen atoms in total. The van der Waals surface area contributed by atoms with Crippen LogP contribution >= 0.6 is 15.9 Å². The summed E-state index contributed by atoms with van der Waals surface area (Å²) < 4.78 is 5.44. The van der Waals surface area contributed by atoms with Gasteiger partial charge in [-0.1, -0.05) is 11.2 Å². The van der Waals surface area contributed by atoms with E-state index in [1.807, 2.05) is 25.1 Å². The lowest BCUT2D eigenvalue weighted by molar-refractivity contribution is 0.102. The van der Waals surface area contributed by atoms with Gasteiger partial charge in [-0.2, -0.15) is 0 Å². The van der Waals surface area contributed by atoms with E-state index >= 15 is 0 Å². The van der Waals surface area contributed by atoms with Crippen molar-refractivity contribution in [1.29, 1.82) is 0 Å². The van der Waals surface area contributed by atoms with Crippen LogP contribution < -0.4 is 5.32 Å². The molecule has 0 saturated carbocycles. The Kier molecular flexibility index (Phi) is 3.05. The average molecular weight is 281 g/mol. The van der Waals surface area contributed by atoms with Gasteiger partial charge < -0.3 is 9.84 Å². The van der Waals surface area contributed by atoms with Crippen LogP contribution in [-0.2, 0) is 0 Å². The predicted octanol–water partition coefficient (Wildman–Crippen LogP) is 3.00. The topological polar surface area (TPSA) is 55.1 Å². The van der Waals surface area contributed by atoms with Crippen molar-refractivity contribution < 1.29 is 9.32 Å². The lowest BCUT2D eigenvalue weighted by atomic mass is 10.2. The summed E-state index contributed by atoms with van der Waals surface area (Å²) >= 11 is 3.39. The molecule has 5 heteroatoms. The van der Waals surface area contributed by atoms with Crippen LogP contribution in [0, 0.1) is 6.92 Å². The maximum absolute atomic E-state index is 11.7. The van der Waals surface area contributed by atoms with Crippen LogP contribution in [0.3, 0.4) is 0 Å². The zero-order valence-electron chi connectivity index (χ0n) is 8.53. The number of aromatic nitrogens is 1. The minimum absolute atomic E-state index is 0.245. The highest BCUT2D eigenvalue weighted by molar-refractivity contribution is 9.10. The number of anilines is 1. The molecule has 0 aliphatic heterocycles. The second-order valence-electron chi connectivity index (χ2n) is 3.35. The molecule has 16 heavy (non-hydrogen) atoms. The molecule has 2 aromatic rings. The number of hydrogen-bond acceptors (Lipinski definition) is 3. The summed E-state index contributed by atoms with van der Waals surface area (Å²) in [4.78, 5) is 11.7. The van der Waals surface area contributed by atoms with E-state index in [2.05, 4.69) is 30.9 Å². The normalized spacial score (nSPS) is 10.1. The van der Waals surface area contributed by atoms with Crippen LogP contribution in [0.4, 0.5) is 5.69 Å². The summed E-state index contributed by atoms with van der Waals surface area (Å²) in [5, 5.41) is 6.23. The maximum atomic E-state index is 11.7. The van der Waals surface area contributed by atoms with Gasteiger partial charge in [0.2, 0.25) is 0 Å². The first-order chi connectivity index (χ1) is 7.66. The van der Waals surface area contributed by atoms with E-state index in [9.17, 15) is 4.79 Å². The number of nitrogens with zero attached hydrogens (tertiary/aromatic N) is 1. The van der Waals surface area contributed by atoms with E-state index < -0.39 is 0 Å². The number of amides is 1. The molecular weight excluding hydrogens is 272 g/mol. The summed E-state index contributed by atoms with van der Waals surface area (Å²) in [6.07, 6.45) is 2.68. The number of nitrogens with one attached hydrogen (secondary N) is 1. The van der Waals surface area contributed by atoms with Crippen molar-refractivity contribution in [2.45, 2.75) is 6.92 Å². The van der Waals surface area contributed by atoms with Crippen molar-refractivity contribution in [2.24, 2.45) is 0 Å². The molecule has 1 N–H and O–H groups in total. The van der Waals surface area contributed by atoms with E-state index in [1.54, 1.807) is 0 Å². The Morgan fingerprint density at radius 2 is 2.31 bits per heavy atom. The summed E-state index contributed by atoms with van der Waals surface area (Å²) in [6.45, 7) is 1.98. The van der Waals surface area contributed by atoms with Gasteiger partial charge in [-0.25, -0.2) is 0 Å². The Labute approximate surface area is 101 Å². The first-order valence-electron chi connectivity index (χ1n) is 4.63. The molecule has 1 aromatic heterocycles. The molecular formula is C11H9BrN2O2. The average Bonchev–Trinajstić information content (AvgIpc) is 2.75. The Morgan fingerprint density at radius 3 is 2.94 bits per heavy atom. The molecule has 0 aliphatic carbocycles. The quantitative estimate of drug-likeness (QED) is 0.920. The Bertz CT molecular complexity index is 509. The summed E-state index contributed by atoms with van der Waals surface area (Å²) in [5.74, 6) is -0.245. The van der Waals surface area contributed by atoms with Crippen LogP contribution in [0.5, 0.6) is 0 Å². The molecule has 0 saturated heterocycles. The van der Waals surface area contributed by atoms with E-state index in [4.69, 9.17) is 0 Å². The van der Waals surface area contributed by atoms with Crippen molar-refractivity contribution in [3.63, 3.8) is 0 Å². The lowest BCUT2D eigenvalue weighted by Gasteiger charge is -2.06. The van der Waals surface area contributed by atoms with Gasteiger partial charge in [-0.3, -0.25) is 4.79 Å². The Balaban J connectivity index is 2.18. The second kappa shape index (κ2) is 4.49. The number of hydrogen-bond donors (Lipinski definition) is 1. The van der Waals surface area contributed by atoms with Crippen LogP contribution in [-0.4, -0.2) is 11.1 Å². The fraction of sp³-hybridized carbons (Fsp3) is 0.0909. The summed E-state index contributed by atoms with van der Waals surface area (Å²) in [5.41, 5.74) is 2.24. The number of benzene rings is 1. The van der Waals surface area contributed by atoms with Gasteiger partial charge in [0.25, 0.3) is 5.91 Å². The van der Waals surface area contributed by atoms with E-state index in [0.717, 1.165) is 15.7 Å². The van der Waals surface area contributed by atoms with Gasteiger partial charge in [0.1, 0.15) is 6.26 Å². The highest BCUT2D eigenvalue weighted by atomic mass is 79.9. The van der Waals surface area contributed by atoms with E-state index in [0.29, 0.717) is 5.56 Å². The third-order valence-electron chi connectivity index (χ3n) is 2.07. The fourth-order valence-electron chi connectivity index (χ4n) is 1.23. The second-order valence-corrected chi connectivity index (χ2v) is 4.20. The zero-order chi connectivity index (χ0) is 11.5. The number of rotatable bonds is 2. The summed E-state index contributed by atoms with van der Waals surface area (Å²) in [7, 11) is 0. The minimum Gasteiger partial charge on any atom is -0.364 e. The summed E-state index contributed by atoms with van der Waals surface area (Å²) in [6, 6.07) is 5.70. The smallest absolute Gasteiger partial charge is 0.260 e. The monoisotopic (exact) mass is 280 g/mol. The highest BCUT2D eigenvalue weighted by Gasteiger charge is 2.09. The number of carbonyl (C=O) groups is 1. The van der Waals surface area contributed by atoms with Gasteiger partial charge in [0, 0.05) is 4.47 Å². The van der Waals surface area contributed by atoms with Crippen molar-refractivity contribution in [1.82, 2.24) is 5.16 Å². The molecule has 0 aliphatic rings. The predicted molar refractivity (Wildman–Crippen MR) is 63.3 cm³/mol. The van der Waals surface area contributed by atoms with Crippen molar-refractivity contribution >= 4 is 27.5 Å². The van der Waals surface area contributed by atoms with Gasteiger partial charge in [0.15, 0.2) is 0 Å². The number of aryl methyl sites for hydroxylation is 1. The first-order valence-corrected chi connectivity index (χ1v) is 5.43. The lowest BCUT2D eigenvalue weighted by Crippen LogP contribution is -2.11. The molecule has 1 heterocycles. The molecule has 1 aromatic carbocycles. The SMILES string of the molecule is Cc1ccc(NC(=O)c2cnoc2)c(Br)c1. The van der Waals surface area contributed by atoms with Gasteiger partial charge in [0.05, 0.1) is 17.4 Å². The molecule has 0 unspecified atom stereocenters. The molecule has 1 amide bonds. The molecule has 0 atom stereocenters. The van der Waals surface area contributed by atoms with Gasteiger partial charge in [-0.15, -0.1) is 0 Å².